The Labute approximate surface area is 170 Å². The lowest BCUT2D eigenvalue weighted by atomic mass is 9.45. The zero-order chi connectivity index (χ0) is 19.5. The molecule has 152 valence electrons. The van der Waals surface area contributed by atoms with E-state index in [0.29, 0.717) is 17.3 Å². The van der Waals surface area contributed by atoms with E-state index < -0.39 is 0 Å². The first-order chi connectivity index (χ1) is 13.4. The van der Waals surface area contributed by atoms with Gasteiger partial charge in [-0.15, -0.1) is 0 Å². The summed E-state index contributed by atoms with van der Waals surface area (Å²) in [5, 5.41) is 21.5. The fourth-order valence-electron chi connectivity index (χ4n) is 8.00. The van der Waals surface area contributed by atoms with Crippen molar-refractivity contribution in [3.05, 3.63) is 41.5 Å². The highest BCUT2D eigenvalue weighted by Crippen LogP contribution is 2.67. The minimum atomic E-state index is -0.294. The number of fused-ring (bicyclic) bond motifs is 5. The third-order valence-electron chi connectivity index (χ3n) is 9.66. The van der Waals surface area contributed by atoms with Crippen LogP contribution in [0.5, 0.6) is 0 Å². The molecule has 0 bridgehead atoms. The number of aliphatic hydroxyl groups is 2. The van der Waals surface area contributed by atoms with Gasteiger partial charge in [-0.25, -0.2) is 0 Å². The van der Waals surface area contributed by atoms with E-state index in [4.69, 9.17) is 0 Å². The Morgan fingerprint density at radius 1 is 0.893 bits per heavy atom. The van der Waals surface area contributed by atoms with Crippen molar-refractivity contribution in [1.82, 2.24) is 0 Å². The highest BCUT2D eigenvalue weighted by atomic mass is 16.3. The van der Waals surface area contributed by atoms with E-state index >= 15 is 0 Å². The van der Waals surface area contributed by atoms with Crippen LogP contribution < -0.4 is 0 Å². The molecule has 8 atom stereocenters. The molecule has 4 fully saturated rings. The number of hydrogen-bond acceptors (Lipinski definition) is 2. The van der Waals surface area contributed by atoms with Gasteiger partial charge >= 0.3 is 0 Å². The van der Waals surface area contributed by atoms with E-state index in [9.17, 15) is 10.2 Å². The van der Waals surface area contributed by atoms with Gasteiger partial charge in [0.15, 0.2) is 0 Å². The standard InChI is InChI=1S/C26H36O2/c1-25-12-10-20(27)16-19(25)8-9-21-22(25)11-13-26(2)23(21)15-18(24(26)28)14-17-6-4-3-5-7-17/h3-7,14,19-24,27-28H,8-13,15-16H2,1-2H3/t19?,20?,21-,22+,23+,24?,25+,26+/m1/s1. The van der Waals surface area contributed by atoms with Crippen molar-refractivity contribution in [3.8, 4) is 0 Å². The Kier molecular flexibility index (Phi) is 4.52. The monoisotopic (exact) mass is 380 g/mol. The van der Waals surface area contributed by atoms with Gasteiger partial charge in [-0.05, 0) is 91.6 Å². The SMILES string of the molecule is C[C@]12CCC(O)CC1CC[C@@H]1[C@@H]2CC[C@]2(C)C(O)C(=Cc3ccccc3)C[C@@H]12. The summed E-state index contributed by atoms with van der Waals surface area (Å²) in [4.78, 5) is 0. The molecule has 0 radical (unpaired) electrons. The van der Waals surface area contributed by atoms with Crippen LogP contribution in [0.2, 0.25) is 0 Å². The van der Waals surface area contributed by atoms with Crippen molar-refractivity contribution in [3.63, 3.8) is 0 Å². The predicted octanol–water partition coefficient (Wildman–Crippen LogP) is 5.44. The average molecular weight is 381 g/mol. The van der Waals surface area contributed by atoms with Crippen molar-refractivity contribution in [2.24, 2.45) is 34.5 Å². The maximum absolute atomic E-state index is 11.3. The molecule has 4 aliphatic rings. The molecular weight excluding hydrogens is 344 g/mol. The van der Waals surface area contributed by atoms with Crippen LogP contribution >= 0.6 is 0 Å². The molecule has 2 heteroatoms. The third-order valence-corrected chi connectivity index (χ3v) is 9.66. The smallest absolute Gasteiger partial charge is 0.0809 e. The number of aliphatic hydroxyl groups excluding tert-OH is 2. The van der Waals surface area contributed by atoms with Gasteiger partial charge in [0.1, 0.15) is 0 Å². The molecule has 3 unspecified atom stereocenters. The first-order valence-corrected chi connectivity index (χ1v) is 11.5. The van der Waals surface area contributed by atoms with E-state index in [1.54, 1.807) is 0 Å². The van der Waals surface area contributed by atoms with Gasteiger partial charge < -0.3 is 10.2 Å². The van der Waals surface area contributed by atoms with Crippen LogP contribution in [0, 0.1) is 34.5 Å². The van der Waals surface area contributed by atoms with E-state index in [1.165, 1.54) is 36.8 Å². The normalized spacial score (nSPS) is 49.4. The fraction of sp³-hybridized carbons (Fsp3) is 0.692. The minimum Gasteiger partial charge on any atom is -0.393 e. The quantitative estimate of drug-likeness (QED) is 0.680. The van der Waals surface area contributed by atoms with E-state index in [0.717, 1.165) is 37.5 Å². The first-order valence-electron chi connectivity index (χ1n) is 11.5. The summed E-state index contributed by atoms with van der Waals surface area (Å²) in [5.41, 5.74) is 2.91. The Bertz CT molecular complexity index is 755. The minimum absolute atomic E-state index is 0.0408. The molecule has 0 aromatic heterocycles. The zero-order valence-electron chi connectivity index (χ0n) is 17.5. The van der Waals surface area contributed by atoms with Gasteiger partial charge in [0.05, 0.1) is 12.2 Å². The van der Waals surface area contributed by atoms with Crippen LogP contribution in [-0.4, -0.2) is 22.4 Å². The van der Waals surface area contributed by atoms with Gasteiger partial charge in [0.2, 0.25) is 0 Å². The molecular formula is C26H36O2. The summed E-state index contributed by atoms with van der Waals surface area (Å²) in [7, 11) is 0. The van der Waals surface area contributed by atoms with Gasteiger partial charge in [0, 0.05) is 5.41 Å². The molecule has 28 heavy (non-hydrogen) atoms. The van der Waals surface area contributed by atoms with Crippen LogP contribution in [0.1, 0.15) is 70.8 Å². The number of hydrogen-bond donors (Lipinski definition) is 2. The molecule has 1 aromatic rings. The maximum Gasteiger partial charge on any atom is 0.0809 e. The molecule has 0 amide bonds. The Morgan fingerprint density at radius 2 is 1.64 bits per heavy atom. The van der Waals surface area contributed by atoms with Crippen LogP contribution in [0.25, 0.3) is 6.08 Å². The van der Waals surface area contributed by atoms with Gasteiger partial charge in [-0.3, -0.25) is 0 Å². The topological polar surface area (TPSA) is 40.5 Å². The van der Waals surface area contributed by atoms with Crippen molar-refractivity contribution >= 4 is 6.08 Å². The Balaban J connectivity index is 1.44. The largest absolute Gasteiger partial charge is 0.393 e. The summed E-state index contributed by atoms with van der Waals surface area (Å²) in [6, 6.07) is 10.5. The average Bonchev–Trinajstić information content (AvgIpc) is 2.94. The molecule has 4 aliphatic carbocycles. The van der Waals surface area contributed by atoms with Crippen LogP contribution in [0.3, 0.4) is 0 Å². The number of rotatable bonds is 1. The predicted molar refractivity (Wildman–Crippen MR) is 114 cm³/mol. The summed E-state index contributed by atoms with van der Waals surface area (Å²) in [6.45, 7) is 4.90. The lowest BCUT2D eigenvalue weighted by Crippen LogP contribution is -2.54. The van der Waals surface area contributed by atoms with Crippen LogP contribution in [0.15, 0.2) is 35.9 Å². The second-order valence-electron chi connectivity index (χ2n) is 10.9. The molecule has 2 N–H and O–H groups in total. The fourth-order valence-corrected chi connectivity index (χ4v) is 8.00. The molecule has 5 rings (SSSR count). The van der Waals surface area contributed by atoms with Crippen molar-refractivity contribution < 1.29 is 10.2 Å². The molecule has 0 aliphatic heterocycles. The van der Waals surface area contributed by atoms with E-state index in [1.807, 2.05) is 0 Å². The molecule has 1 aromatic carbocycles. The zero-order valence-corrected chi connectivity index (χ0v) is 17.5. The molecule has 2 nitrogen and oxygen atoms in total. The van der Waals surface area contributed by atoms with E-state index in [-0.39, 0.29) is 17.6 Å². The second-order valence-corrected chi connectivity index (χ2v) is 10.9. The van der Waals surface area contributed by atoms with Crippen molar-refractivity contribution in [1.29, 1.82) is 0 Å². The summed E-state index contributed by atoms with van der Waals surface area (Å²) in [6.07, 6.45) is 11.1. The summed E-state index contributed by atoms with van der Waals surface area (Å²) < 4.78 is 0. The maximum atomic E-state index is 11.3. The molecule has 4 saturated carbocycles. The van der Waals surface area contributed by atoms with Crippen LogP contribution in [0.4, 0.5) is 0 Å². The molecule has 0 spiro atoms. The van der Waals surface area contributed by atoms with Crippen LogP contribution in [-0.2, 0) is 0 Å². The Hall–Kier alpha value is -1.12. The molecule has 0 saturated heterocycles. The summed E-state index contributed by atoms with van der Waals surface area (Å²) >= 11 is 0. The lowest BCUT2D eigenvalue weighted by Gasteiger charge is -2.60. The lowest BCUT2D eigenvalue weighted by molar-refractivity contribution is -0.133. The number of benzene rings is 1. The highest BCUT2D eigenvalue weighted by molar-refractivity contribution is 5.55. The van der Waals surface area contributed by atoms with Gasteiger partial charge in [-0.1, -0.05) is 50.3 Å². The van der Waals surface area contributed by atoms with Crippen molar-refractivity contribution in [2.75, 3.05) is 0 Å². The summed E-state index contributed by atoms with van der Waals surface area (Å²) in [5.74, 6) is 2.83. The molecule has 0 heterocycles. The third kappa shape index (κ3) is 2.75. The first kappa shape index (κ1) is 18.9. The second kappa shape index (κ2) is 6.71. The van der Waals surface area contributed by atoms with Gasteiger partial charge in [0.25, 0.3) is 0 Å². The Morgan fingerprint density at radius 3 is 2.43 bits per heavy atom. The van der Waals surface area contributed by atoms with Gasteiger partial charge in [-0.2, -0.15) is 0 Å². The van der Waals surface area contributed by atoms with E-state index in [2.05, 4.69) is 50.3 Å². The highest BCUT2D eigenvalue weighted by Gasteiger charge is 2.61. The van der Waals surface area contributed by atoms with Crippen molar-refractivity contribution in [2.45, 2.75) is 77.4 Å².